The summed E-state index contributed by atoms with van der Waals surface area (Å²) >= 11 is 1.41. The van der Waals surface area contributed by atoms with Gasteiger partial charge in [-0.2, -0.15) is 0 Å². The highest BCUT2D eigenvalue weighted by Crippen LogP contribution is 2.32. The van der Waals surface area contributed by atoms with Crippen molar-refractivity contribution in [3.63, 3.8) is 0 Å². The van der Waals surface area contributed by atoms with E-state index in [1.165, 1.54) is 36.5 Å². The molecule has 0 spiro atoms. The van der Waals surface area contributed by atoms with Crippen LogP contribution in [0.5, 0.6) is 5.75 Å². The summed E-state index contributed by atoms with van der Waals surface area (Å²) in [5, 5.41) is 2.86. The Hall–Kier alpha value is -4.30. The number of carbonyl (C=O) groups is 4. The van der Waals surface area contributed by atoms with Crippen LogP contribution in [0.15, 0.2) is 32.8 Å². The smallest absolute Gasteiger partial charge is 0.303 e. The largest absolute Gasteiger partial charge is 0.463 e. The fourth-order valence-corrected chi connectivity index (χ4v) is 5.15. The lowest BCUT2D eigenvalue weighted by Gasteiger charge is -2.43. The van der Waals surface area contributed by atoms with Crippen LogP contribution < -0.4 is 10.2 Å². The first kappa shape index (κ1) is 30.7. The Morgan fingerprint density at radius 2 is 1.55 bits per heavy atom. The molecule has 1 aliphatic heterocycles. The Morgan fingerprint density at radius 3 is 2.14 bits per heavy atom. The number of fused-ring (bicyclic) bond motifs is 1. The van der Waals surface area contributed by atoms with Crippen LogP contribution in [0.25, 0.3) is 22.2 Å². The van der Waals surface area contributed by atoms with E-state index in [0.29, 0.717) is 17.0 Å². The van der Waals surface area contributed by atoms with Crippen LogP contribution in [0.2, 0.25) is 0 Å². The van der Waals surface area contributed by atoms with Gasteiger partial charge in [0.15, 0.2) is 12.2 Å². The molecule has 0 aliphatic carbocycles. The summed E-state index contributed by atoms with van der Waals surface area (Å²) in [6.45, 7) is 7.64. The molecular formula is C28H29NO12S. The molecule has 42 heavy (non-hydrogen) atoms. The average molecular weight is 604 g/mol. The molecule has 5 atom stereocenters. The molecule has 0 radical (unpaired) electrons. The molecule has 14 heteroatoms. The molecule has 224 valence electrons. The monoisotopic (exact) mass is 603 g/mol. The van der Waals surface area contributed by atoms with Crippen molar-refractivity contribution in [2.45, 2.75) is 72.2 Å². The number of rotatable bonds is 8. The summed E-state index contributed by atoms with van der Waals surface area (Å²) in [6.07, 6.45) is -6.74. The molecule has 1 aliphatic rings. The van der Waals surface area contributed by atoms with E-state index in [9.17, 15) is 24.0 Å². The van der Waals surface area contributed by atoms with E-state index in [0.717, 1.165) is 25.8 Å². The van der Waals surface area contributed by atoms with Gasteiger partial charge < -0.3 is 32.8 Å². The molecule has 3 aromatic rings. The molecule has 3 heterocycles. The summed E-state index contributed by atoms with van der Waals surface area (Å²) in [4.78, 5) is 65.3. The summed E-state index contributed by atoms with van der Waals surface area (Å²) in [6, 6.07) is 4.44. The Balaban J connectivity index is 1.73. The second-order valence-electron chi connectivity index (χ2n) is 9.46. The van der Waals surface area contributed by atoms with Crippen LogP contribution in [0, 0.1) is 13.8 Å². The second kappa shape index (κ2) is 12.7. The predicted octanol–water partition coefficient (Wildman–Crippen LogP) is 3.00. The Kier molecular flexibility index (Phi) is 9.27. The lowest BCUT2D eigenvalue weighted by Crippen LogP contribution is -2.63. The fourth-order valence-electron chi connectivity index (χ4n) is 4.55. The molecule has 1 saturated heterocycles. The van der Waals surface area contributed by atoms with Gasteiger partial charge in [0, 0.05) is 39.1 Å². The summed E-state index contributed by atoms with van der Waals surface area (Å²) in [5.41, 5.74) is 0.790. The lowest BCUT2D eigenvalue weighted by atomic mass is 9.98. The summed E-state index contributed by atoms with van der Waals surface area (Å²) < 4.78 is 39.2. The van der Waals surface area contributed by atoms with Gasteiger partial charge >= 0.3 is 23.9 Å². The molecule has 13 nitrogen and oxygen atoms in total. The van der Waals surface area contributed by atoms with E-state index in [-0.39, 0.29) is 22.1 Å². The van der Waals surface area contributed by atoms with Gasteiger partial charge in [0.2, 0.25) is 17.8 Å². The molecule has 1 aromatic carbocycles. The van der Waals surface area contributed by atoms with E-state index in [1.54, 1.807) is 12.3 Å². The standard InChI is InChI=1S/C28H29NO12S/c1-12-23(20-11-42-13(2)29-20)24(34)19-8-7-18(9-21(19)36-12)40-28-27(39-17(6)33)26(38-16(5)32)25(37-15(4)31)22(41-28)10-35-14(3)30/h7-9,11,22,25-28H,10H2,1-6H3/t22-,25-,26+,27-,28+/m1/s1. The van der Waals surface area contributed by atoms with Gasteiger partial charge in [-0.25, -0.2) is 4.98 Å². The summed E-state index contributed by atoms with van der Waals surface area (Å²) in [7, 11) is 0. The minimum absolute atomic E-state index is 0.142. The van der Waals surface area contributed by atoms with Gasteiger partial charge in [0.25, 0.3) is 0 Å². The van der Waals surface area contributed by atoms with Crippen molar-refractivity contribution in [3.8, 4) is 17.0 Å². The van der Waals surface area contributed by atoms with Crippen LogP contribution in [0.4, 0.5) is 0 Å². The van der Waals surface area contributed by atoms with E-state index in [2.05, 4.69) is 4.98 Å². The molecule has 0 amide bonds. The maximum atomic E-state index is 13.3. The van der Waals surface area contributed by atoms with Gasteiger partial charge in [0.05, 0.1) is 21.7 Å². The highest BCUT2D eigenvalue weighted by Gasteiger charge is 2.53. The van der Waals surface area contributed by atoms with Gasteiger partial charge in [-0.1, -0.05) is 0 Å². The third kappa shape index (κ3) is 6.94. The minimum atomic E-state index is -1.44. The zero-order valence-corrected chi connectivity index (χ0v) is 24.5. The van der Waals surface area contributed by atoms with Crippen molar-refractivity contribution >= 4 is 46.2 Å². The third-order valence-electron chi connectivity index (χ3n) is 6.12. The SMILES string of the molecule is CC(=O)OC[C@H]1O[C@H](Oc2ccc3c(=O)c(-c4csc(C)n4)c(C)oc3c2)[C@H](OC(C)=O)[C@@H](OC(C)=O)[C@@H]1OC(C)=O. The highest BCUT2D eigenvalue weighted by atomic mass is 32.1. The molecule has 0 saturated carbocycles. The normalized spacial score (nSPS) is 21.8. The fraction of sp³-hybridized carbons (Fsp3) is 0.429. The molecular weight excluding hydrogens is 574 g/mol. The molecule has 0 N–H and O–H groups in total. The van der Waals surface area contributed by atoms with Gasteiger partial charge in [-0.05, 0) is 26.0 Å². The van der Waals surface area contributed by atoms with E-state index >= 15 is 0 Å². The predicted molar refractivity (Wildman–Crippen MR) is 146 cm³/mol. The van der Waals surface area contributed by atoms with E-state index in [1.807, 2.05) is 6.92 Å². The minimum Gasteiger partial charge on any atom is -0.463 e. The zero-order chi connectivity index (χ0) is 30.7. The topological polar surface area (TPSA) is 167 Å². The summed E-state index contributed by atoms with van der Waals surface area (Å²) in [5.74, 6) is -2.43. The molecule has 4 rings (SSSR count). The number of nitrogens with zero attached hydrogens (tertiary/aromatic N) is 1. The zero-order valence-electron chi connectivity index (χ0n) is 23.7. The molecule has 1 fully saturated rings. The number of benzene rings is 1. The first-order valence-corrected chi connectivity index (χ1v) is 13.7. The second-order valence-corrected chi connectivity index (χ2v) is 10.5. The van der Waals surface area contributed by atoms with Gasteiger partial charge in [-0.15, -0.1) is 11.3 Å². The van der Waals surface area contributed by atoms with Crippen molar-refractivity contribution in [2.75, 3.05) is 6.61 Å². The Bertz CT molecular complexity index is 1580. The van der Waals surface area contributed by atoms with E-state index in [4.69, 9.17) is 32.8 Å². The first-order valence-electron chi connectivity index (χ1n) is 12.8. The number of hydrogen-bond acceptors (Lipinski definition) is 14. The van der Waals surface area contributed by atoms with Gasteiger partial charge in [-0.3, -0.25) is 24.0 Å². The molecule has 2 aromatic heterocycles. The van der Waals surface area contributed by atoms with Crippen LogP contribution in [0.1, 0.15) is 38.5 Å². The van der Waals surface area contributed by atoms with Gasteiger partial charge in [0.1, 0.15) is 29.8 Å². The number of aromatic nitrogens is 1. The number of esters is 4. The van der Waals surface area contributed by atoms with Crippen molar-refractivity contribution in [1.82, 2.24) is 4.98 Å². The van der Waals surface area contributed by atoms with Crippen LogP contribution in [0.3, 0.4) is 0 Å². The highest BCUT2D eigenvalue weighted by molar-refractivity contribution is 7.09. The molecule has 0 unspecified atom stereocenters. The number of thiazole rings is 1. The number of hydrogen-bond donors (Lipinski definition) is 0. The van der Waals surface area contributed by atoms with Crippen molar-refractivity contribution in [3.05, 3.63) is 44.6 Å². The lowest BCUT2D eigenvalue weighted by molar-refractivity contribution is -0.288. The first-order chi connectivity index (χ1) is 19.8. The Labute approximate surface area is 243 Å². The van der Waals surface area contributed by atoms with E-state index < -0.39 is 61.2 Å². The number of aryl methyl sites for hydroxylation is 2. The molecule has 0 bridgehead atoms. The quantitative estimate of drug-likeness (QED) is 0.273. The maximum Gasteiger partial charge on any atom is 0.303 e. The van der Waals surface area contributed by atoms with Crippen molar-refractivity contribution < 1.29 is 52.0 Å². The Morgan fingerprint density at radius 1 is 0.905 bits per heavy atom. The van der Waals surface area contributed by atoms with Crippen LogP contribution in [-0.2, 0) is 42.9 Å². The average Bonchev–Trinajstić information content (AvgIpc) is 3.31. The number of ether oxygens (including phenoxy) is 6. The van der Waals surface area contributed by atoms with Crippen molar-refractivity contribution in [1.29, 1.82) is 0 Å². The third-order valence-corrected chi connectivity index (χ3v) is 6.89. The van der Waals surface area contributed by atoms with Crippen LogP contribution in [-0.4, -0.2) is 66.2 Å². The van der Waals surface area contributed by atoms with Crippen molar-refractivity contribution in [2.24, 2.45) is 0 Å². The number of carbonyl (C=O) groups excluding carboxylic acids is 4. The van der Waals surface area contributed by atoms with Crippen LogP contribution >= 0.6 is 11.3 Å². The maximum absolute atomic E-state index is 13.3.